The highest BCUT2D eigenvalue weighted by atomic mass is 32.2. The second kappa shape index (κ2) is 11.9. The molecule has 32 heavy (non-hydrogen) atoms. The van der Waals surface area contributed by atoms with Crippen LogP contribution < -0.4 is 10.0 Å². The fraction of sp³-hybridized carbons (Fsp3) is 0.417. The summed E-state index contributed by atoms with van der Waals surface area (Å²) in [6, 6.07) is 10.2. The normalized spacial score (nSPS) is 16.1. The SMILES string of the molecule is CCOC(=O)CCc1cc(CCNS(=O)(=O)C2CC=CCN2)cc(Cc2cccnc2)c1. The molecule has 2 aromatic rings. The summed E-state index contributed by atoms with van der Waals surface area (Å²) in [6.45, 7) is 3.05. The minimum absolute atomic E-state index is 0.214. The van der Waals surface area contributed by atoms with Crippen LogP contribution in [0.5, 0.6) is 0 Å². The Labute approximate surface area is 190 Å². The number of carbonyl (C=O) groups excluding carboxylic acids is 1. The van der Waals surface area contributed by atoms with Crippen molar-refractivity contribution < 1.29 is 17.9 Å². The van der Waals surface area contributed by atoms with Crippen molar-refractivity contribution in [1.82, 2.24) is 15.0 Å². The van der Waals surface area contributed by atoms with Crippen molar-refractivity contribution >= 4 is 16.0 Å². The van der Waals surface area contributed by atoms with Crippen LogP contribution in [0, 0.1) is 0 Å². The van der Waals surface area contributed by atoms with Crippen molar-refractivity contribution in [3.05, 3.63) is 77.1 Å². The quantitative estimate of drug-likeness (QED) is 0.398. The molecule has 0 bridgehead atoms. The van der Waals surface area contributed by atoms with Crippen LogP contribution in [-0.4, -0.2) is 44.4 Å². The first-order valence-electron chi connectivity index (χ1n) is 11.0. The second-order valence-electron chi connectivity index (χ2n) is 7.79. The number of carbonyl (C=O) groups is 1. The molecule has 1 aromatic heterocycles. The number of rotatable bonds is 11. The fourth-order valence-corrected chi connectivity index (χ4v) is 4.98. The Morgan fingerprint density at radius 1 is 1.16 bits per heavy atom. The average Bonchev–Trinajstić information content (AvgIpc) is 2.79. The van der Waals surface area contributed by atoms with Gasteiger partial charge in [0.15, 0.2) is 0 Å². The van der Waals surface area contributed by atoms with Gasteiger partial charge in [-0.3, -0.25) is 15.1 Å². The van der Waals surface area contributed by atoms with Gasteiger partial charge in [0.25, 0.3) is 0 Å². The molecule has 0 saturated heterocycles. The highest BCUT2D eigenvalue weighted by Crippen LogP contribution is 2.17. The van der Waals surface area contributed by atoms with Gasteiger partial charge in [0.1, 0.15) is 5.37 Å². The van der Waals surface area contributed by atoms with Gasteiger partial charge in [0.2, 0.25) is 10.0 Å². The molecular weight excluding hydrogens is 426 g/mol. The van der Waals surface area contributed by atoms with Gasteiger partial charge in [0, 0.05) is 31.9 Å². The van der Waals surface area contributed by atoms with Crippen LogP contribution in [0.3, 0.4) is 0 Å². The first kappa shape index (κ1) is 24.1. The Hall–Kier alpha value is -2.55. The van der Waals surface area contributed by atoms with E-state index in [0.29, 0.717) is 45.4 Å². The first-order valence-corrected chi connectivity index (χ1v) is 12.5. The fourth-order valence-electron chi connectivity index (χ4n) is 3.71. The third-order valence-electron chi connectivity index (χ3n) is 5.24. The molecule has 0 aliphatic carbocycles. The van der Waals surface area contributed by atoms with Crippen molar-refractivity contribution in [2.45, 2.75) is 44.4 Å². The minimum atomic E-state index is -3.43. The Balaban J connectivity index is 1.68. The lowest BCUT2D eigenvalue weighted by Crippen LogP contribution is -2.45. The topological polar surface area (TPSA) is 97.4 Å². The molecule has 7 nitrogen and oxygen atoms in total. The molecule has 8 heteroatoms. The van der Waals surface area contributed by atoms with Crippen LogP contribution in [0.15, 0.2) is 54.9 Å². The Morgan fingerprint density at radius 2 is 1.94 bits per heavy atom. The lowest BCUT2D eigenvalue weighted by Gasteiger charge is -2.20. The predicted octanol–water partition coefficient (Wildman–Crippen LogP) is 2.51. The van der Waals surface area contributed by atoms with Crippen molar-refractivity contribution in [3.63, 3.8) is 0 Å². The number of nitrogens with zero attached hydrogens (tertiary/aromatic N) is 1. The molecule has 2 heterocycles. The largest absolute Gasteiger partial charge is 0.466 e. The zero-order valence-corrected chi connectivity index (χ0v) is 19.2. The third kappa shape index (κ3) is 7.55. The smallest absolute Gasteiger partial charge is 0.306 e. The molecule has 3 rings (SSSR count). The first-order chi connectivity index (χ1) is 15.5. The van der Waals surface area contributed by atoms with Crippen molar-refractivity contribution in [2.24, 2.45) is 0 Å². The number of sulfonamides is 1. The van der Waals surface area contributed by atoms with E-state index in [1.165, 1.54) is 0 Å². The zero-order valence-electron chi connectivity index (χ0n) is 18.4. The molecule has 0 spiro atoms. The average molecular weight is 458 g/mol. The molecule has 1 atom stereocenters. The van der Waals surface area contributed by atoms with E-state index in [9.17, 15) is 13.2 Å². The van der Waals surface area contributed by atoms with E-state index >= 15 is 0 Å². The van der Waals surface area contributed by atoms with Crippen LogP contribution in [-0.2, 0) is 38.8 Å². The molecule has 1 aromatic carbocycles. The van der Waals surface area contributed by atoms with Crippen LogP contribution in [0.4, 0.5) is 0 Å². The van der Waals surface area contributed by atoms with Crippen LogP contribution >= 0.6 is 0 Å². The summed E-state index contributed by atoms with van der Waals surface area (Å²) >= 11 is 0. The molecule has 1 aliphatic heterocycles. The number of hydrogen-bond donors (Lipinski definition) is 2. The highest BCUT2D eigenvalue weighted by molar-refractivity contribution is 7.90. The number of ether oxygens (including phenoxy) is 1. The third-order valence-corrected chi connectivity index (χ3v) is 6.95. The summed E-state index contributed by atoms with van der Waals surface area (Å²) in [6.07, 6.45) is 10.0. The van der Waals surface area contributed by atoms with Crippen molar-refractivity contribution in [2.75, 3.05) is 19.7 Å². The Bertz CT molecular complexity index is 1020. The molecule has 2 N–H and O–H groups in total. The Kier molecular flexibility index (Phi) is 8.96. The van der Waals surface area contributed by atoms with E-state index in [0.717, 1.165) is 28.7 Å². The monoisotopic (exact) mass is 457 g/mol. The number of hydrogen-bond acceptors (Lipinski definition) is 6. The lowest BCUT2D eigenvalue weighted by molar-refractivity contribution is -0.143. The van der Waals surface area contributed by atoms with E-state index in [1.54, 1.807) is 13.1 Å². The summed E-state index contributed by atoms with van der Waals surface area (Å²) in [7, 11) is -3.43. The standard InChI is InChI=1S/C24H31N3O4S/c1-2-31-24(28)9-8-19-14-20(16-22(15-19)17-21-6-5-11-25-18-21)10-13-27-32(29,30)23-7-3-4-12-26-23/h3-6,11,14-16,18,23,26-27H,2,7-10,12-13,17H2,1H3. The van der Waals surface area contributed by atoms with Crippen LogP contribution in [0.1, 0.15) is 42.0 Å². The maximum Gasteiger partial charge on any atom is 0.306 e. The van der Waals surface area contributed by atoms with Gasteiger partial charge in [-0.25, -0.2) is 13.1 Å². The van der Waals surface area contributed by atoms with Crippen LogP contribution in [0.2, 0.25) is 0 Å². The van der Waals surface area contributed by atoms with E-state index in [2.05, 4.69) is 27.2 Å². The molecule has 0 radical (unpaired) electrons. The number of benzene rings is 1. The van der Waals surface area contributed by atoms with Gasteiger partial charge >= 0.3 is 5.97 Å². The molecule has 1 aliphatic rings. The second-order valence-corrected chi connectivity index (χ2v) is 9.74. The zero-order chi connectivity index (χ0) is 22.8. The van der Waals surface area contributed by atoms with Gasteiger partial charge in [0.05, 0.1) is 6.61 Å². The molecular formula is C24H31N3O4S. The van der Waals surface area contributed by atoms with E-state index < -0.39 is 15.4 Å². The maximum absolute atomic E-state index is 12.5. The van der Waals surface area contributed by atoms with E-state index in [-0.39, 0.29) is 5.97 Å². The van der Waals surface area contributed by atoms with Gasteiger partial charge in [-0.15, -0.1) is 0 Å². The summed E-state index contributed by atoms with van der Waals surface area (Å²) in [5.74, 6) is -0.214. The summed E-state index contributed by atoms with van der Waals surface area (Å²) in [5, 5.41) is 2.41. The number of nitrogens with one attached hydrogen (secondary N) is 2. The van der Waals surface area contributed by atoms with Gasteiger partial charge in [-0.05, 0) is 60.9 Å². The minimum Gasteiger partial charge on any atom is -0.466 e. The number of esters is 1. The molecule has 172 valence electrons. The van der Waals surface area contributed by atoms with Crippen molar-refractivity contribution in [1.29, 1.82) is 0 Å². The lowest BCUT2D eigenvalue weighted by atomic mass is 9.97. The molecule has 1 unspecified atom stereocenters. The highest BCUT2D eigenvalue weighted by Gasteiger charge is 2.24. The number of aryl methyl sites for hydroxylation is 1. The predicted molar refractivity (Wildman–Crippen MR) is 125 cm³/mol. The Morgan fingerprint density at radius 3 is 2.62 bits per heavy atom. The van der Waals surface area contributed by atoms with Crippen molar-refractivity contribution in [3.8, 4) is 0 Å². The summed E-state index contributed by atoms with van der Waals surface area (Å²) in [4.78, 5) is 16.0. The van der Waals surface area contributed by atoms with Gasteiger partial charge in [-0.2, -0.15) is 0 Å². The number of aromatic nitrogens is 1. The molecule has 0 saturated carbocycles. The maximum atomic E-state index is 12.5. The summed E-state index contributed by atoms with van der Waals surface area (Å²) < 4.78 is 32.8. The van der Waals surface area contributed by atoms with Gasteiger partial charge in [-0.1, -0.05) is 36.4 Å². The van der Waals surface area contributed by atoms with E-state index in [4.69, 9.17) is 4.74 Å². The number of pyridine rings is 1. The van der Waals surface area contributed by atoms with Gasteiger partial charge < -0.3 is 4.74 Å². The molecule has 0 amide bonds. The molecule has 0 fully saturated rings. The van der Waals surface area contributed by atoms with E-state index in [1.807, 2.05) is 36.5 Å². The van der Waals surface area contributed by atoms with Crippen LogP contribution in [0.25, 0.3) is 0 Å². The summed E-state index contributed by atoms with van der Waals surface area (Å²) in [5.41, 5.74) is 4.27.